The van der Waals surface area contributed by atoms with Crippen LogP contribution in [0.15, 0.2) is 0 Å². The molecule has 0 aliphatic carbocycles. The molecule has 0 bridgehead atoms. The highest BCUT2D eigenvalue weighted by Crippen LogP contribution is 2.04. The molecule has 0 aliphatic heterocycles. The first-order valence-electron chi connectivity index (χ1n) is 3.84. The van der Waals surface area contributed by atoms with Crippen molar-refractivity contribution in [2.45, 2.75) is 19.8 Å². The van der Waals surface area contributed by atoms with Crippen molar-refractivity contribution in [3.63, 3.8) is 0 Å². The number of nitrogens with two attached hydrogens (primary N) is 1. The van der Waals surface area contributed by atoms with Crippen molar-refractivity contribution >= 4 is 12.0 Å². The maximum atomic E-state index is 10.5. The van der Waals surface area contributed by atoms with Crippen LogP contribution in [0, 0.1) is 5.92 Å². The Labute approximate surface area is 70.9 Å². The molecule has 0 aromatic rings. The van der Waals surface area contributed by atoms with E-state index in [1.807, 2.05) is 6.92 Å². The Hall–Kier alpha value is -1.26. The van der Waals surface area contributed by atoms with Gasteiger partial charge in [-0.1, -0.05) is 13.3 Å². The lowest BCUT2D eigenvalue weighted by molar-refractivity contribution is -0.141. The summed E-state index contributed by atoms with van der Waals surface area (Å²) in [6.07, 6.45) is 1.33. The summed E-state index contributed by atoms with van der Waals surface area (Å²) in [5, 5.41) is 10.9. The van der Waals surface area contributed by atoms with Crippen LogP contribution in [-0.2, 0) is 4.79 Å². The summed E-state index contributed by atoms with van der Waals surface area (Å²) in [5.41, 5.74) is 4.79. The highest BCUT2D eigenvalue weighted by Gasteiger charge is 2.15. The van der Waals surface area contributed by atoms with Crippen LogP contribution in [0.3, 0.4) is 0 Å². The predicted molar refractivity (Wildman–Crippen MR) is 43.6 cm³/mol. The molecule has 0 rings (SSSR count). The fourth-order valence-corrected chi connectivity index (χ4v) is 0.885. The van der Waals surface area contributed by atoms with Crippen molar-refractivity contribution in [3.8, 4) is 0 Å². The van der Waals surface area contributed by atoms with E-state index in [1.165, 1.54) is 0 Å². The molecule has 5 heteroatoms. The molecule has 70 valence electrons. The van der Waals surface area contributed by atoms with Gasteiger partial charge in [-0.15, -0.1) is 0 Å². The van der Waals surface area contributed by atoms with Crippen LogP contribution in [0.1, 0.15) is 19.8 Å². The van der Waals surface area contributed by atoms with Crippen molar-refractivity contribution < 1.29 is 14.7 Å². The van der Waals surface area contributed by atoms with Crippen molar-refractivity contribution in [1.29, 1.82) is 0 Å². The molecule has 0 aromatic heterocycles. The van der Waals surface area contributed by atoms with Crippen LogP contribution in [0.2, 0.25) is 0 Å². The summed E-state index contributed by atoms with van der Waals surface area (Å²) < 4.78 is 0. The molecule has 0 aliphatic rings. The number of nitrogens with one attached hydrogen (secondary N) is 1. The first-order chi connectivity index (χ1) is 5.57. The van der Waals surface area contributed by atoms with Gasteiger partial charge in [0.25, 0.3) is 0 Å². The van der Waals surface area contributed by atoms with Crippen LogP contribution >= 0.6 is 0 Å². The molecule has 0 spiro atoms. The second kappa shape index (κ2) is 5.40. The maximum absolute atomic E-state index is 10.5. The Kier molecular flexibility index (Phi) is 4.83. The monoisotopic (exact) mass is 174 g/mol. The van der Waals surface area contributed by atoms with E-state index in [-0.39, 0.29) is 6.54 Å². The number of carboxylic acid groups (broad SMARTS) is 1. The van der Waals surface area contributed by atoms with E-state index in [4.69, 9.17) is 10.8 Å². The summed E-state index contributed by atoms with van der Waals surface area (Å²) in [6, 6.07) is -0.683. The zero-order valence-electron chi connectivity index (χ0n) is 7.04. The van der Waals surface area contributed by atoms with E-state index < -0.39 is 17.9 Å². The number of rotatable bonds is 5. The number of carbonyl (C=O) groups is 2. The number of primary amides is 1. The zero-order chi connectivity index (χ0) is 9.56. The number of hydrogen-bond acceptors (Lipinski definition) is 2. The molecule has 12 heavy (non-hydrogen) atoms. The summed E-state index contributed by atoms with van der Waals surface area (Å²) in [6.45, 7) is 2.00. The summed E-state index contributed by atoms with van der Waals surface area (Å²) in [7, 11) is 0. The zero-order valence-corrected chi connectivity index (χ0v) is 7.04. The van der Waals surface area contributed by atoms with E-state index in [9.17, 15) is 9.59 Å². The lowest BCUT2D eigenvalue weighted by Crippen LogP contribution is -2.36. The molecule has 0 aromatic carbocycles. The number of hydrogen-bond donors (Lipinski definition) is 3. The second-order valence-electron chi connectivity index (χ2n) is 2.57. The van der Waals surface area contributed by atoms with E-state index in [1.54, 1.807) is 0 Å². The van der Waals surface area contributed by atoms with Crippen molar-refractivity contribution in [3.05, 3.63) is 0 Å². The van der Waals surface area contributed by atoms with Crippen molar-refractivity contribution in [2.75, 3.05) is 6.54 Å². The summed E-state index contributed by atoms with van der Waals surface area (Å²) in [4.78, 5) is 20.8. The number of urea groups is 1. The van der Waals surface area contributed by atoms with Gasteiger partial charge in [-0.2, -0.15) is 0 Å². The first-order valence-corrected chi connectivity index (χ1v) is 3.84. The molecular weight excluding hydrogens is 160 g/mol. The molecular formula is C7H14N2O3. The lowest BCUT2D eigenvalue weighted by Gasteiger charge is -2.10. The highest BCUT2D eigenvalue weighted by atomic mass is 16.4. The molecule has 2 amide bonds. The van der Waals surface area contributed by atoms with Crippen LogP contribution in [-0.4, -0.2) is 23.7 Å². The molecule has 1 atom stereocenters. The van der Waals surface area contributed by atoms with Crippen LogP contribution in [0.25, 0.3) is 0 Å². The third kappa shape index (κ3) is 4.54. The van der Waals surface area contributed by atoms with Crippen molar-refractivity contribution in [1.82, 2.24) is 5.32 Å². The molecule has 4 N–H and O–H groups in total. The van der Waals surface area contributed by atoms with E-state index in [0.29, 0.717) is 6.42 Å². The molecule has 0 fully saturated rings. The highest BCUT2D eigenvalue weighted by molar-refractivity contribution is 5.74. The third-order valence-corrected chi connectivity index (χ3v) is 1.51. The number of amides is 2. The molecule has 0 radical (unpaired) electrons. The van der Waals surface area contributed by atoms with Gasteiger partial charge >= 0.3 is 12.0 Å². The quantitative estimate of drug-likeness (QED) is 0.554. The average molecular weight is 174 g/mol. The van der Waals surface area contributed by atoms with Crippen LogP contribution in [0.5, 0.6) is 0 Å². The Morgan fingerprint density at radius 2 is 2.17 bits per heavy atom. The second-order valence-corrected chi connectivity index (χ2v) is 2.57. The lowest BCUT2D eigenvalue weighted by atomic mass is 10.0. The standard InChI is InChI=1S/C7H14N2O3/c1-2-3-5(6(10)11)4-9-7(8)12/h5H,2-4H2,1H3,(H,10,11)(H3,8,9,12). The Morgan fingerprint density at radius 1 is 1.58 bits per heavy atom. The summed E-state index contributed by atoms with van der Waals surface area (Å²) >= 11 is 0. The van der Waals surface area contributed by atoms with Gasteiger partial charge in [-0.25, -0.2) is 4.79 Å². The Bertz CT molecular complexity index is 170. The van der Waals surface area contributed by atoms with E-state index in [0.717, 1.165) is 6.42 Å². The fourth-order valence-electron chi connectivity index (χ4n) is 0.885. The number of carboxylic acids is 1. The van der Waals surface area contributed by atoms with Gasteiger partial charge < -0.3 is 16.2 Å². The van der Waals surface area contributed by atoms with Gasteiger partial charge in [0.2, 0.25) is 0 Å². The minimum absolute atomic E-state index is 0.110. The molecule has 0 heterocycles. The third-order valence-electron chi connectivity index (χ3n) is 1.51. The van der Waals surface area contributed by atoms with E-state index in [2.05, 4.69) is 5.32 Å². The molecule has 0 saturated heterocycles. The van der Waals surface area contributed by atoms with Gasteiger partial charge in [-0.05, 0) is 6.42 Å². The average Bonchev–Trinajstić information content (AvgIpc) is 1.96. The number of aliphatic carboxylic acids is 1. The van der Waals surface area contributed by atoms with Crippen LogP contribution < -0.4 is 11.1 Å². The molecule has 5 nitrogen and oxygen atoms in total. The molecule has 0 saturated carbocycles. The van der Waals surface area contributed by atoms with Gasteiger partial charge in [0.15, 0.2) is 0 Å². The van der Waals surface area contributed by atoms with E-state index >= 15 is 0 Å². The van der Waals surface area contributed by atoms with Gasteiger partial charge in [-0.3, -0.25) is 4.79 Å². The fraction of sp³-hybridized carbons (Fsp3) is 0.714. The van der Waals surface area contributed by atoms with Crippen LogP contribution in [0.4, 0.5) is 4.79 Å². The molecule has 1 unspecified atom stereocenters. The maximum Gasteiger partial charge on any atom is 0.312 e. The van der Waals surface area contributed by atoms with Gasteiger partial charge in [0.1, 0.15) is 0 Å². The Morgan fingerprint density at radius 3 is 2.50 bits per heavy atom. The minimum atomic E-state index is -0.898. The SMILES string of the molecule is CCCC(CNC(N)=O)C(=O)O. The Balaban J connectivity index is 3.79. The topological polar surface area (TPSA) is 92.4 Å². The normalized spacial score (nSPS) is 12.1. The van der Waals surface area contributed by atoms with Crippen molar-refractivity contribution in [2.24, 2.45) is 11.7 Å². The van der Waals surface area contributed by atoms with Gasteiger partial charge in [0.05, 0.1) is 5.92 Å². The smallest absolute Gasteiger partial charge is 0.312 e. The minimum Gasteiger partial charge on any atom is -0.481 e. The van der Waals surface area contributed by atoms with Gasteiger partial charge in [0, 0.05) is 6.54 Å². The number of carbonyl (C=O) groups excluding carboxylic acids is 1. The predicted octanol–water partition coefficient (Wildman–Crippen LogP) is 0.156. The first kappa shape index (κ1) is 10.7. The summed E-state index contributed by atoms with van der Waals surface area (Å²) in [5.74, 6) is -1.42. The largest absolute Gasteiger partial charge is 0.481 e.